The monoisotopic (exact) mass is 328 g/mol. The van der Waals surface area contributed by atoms with Crippen LogP contribution in [0, 0.1) is 5.82 Å². The molecular weight excluding hydrogens is 319 g/mol. The van der Waals surface area contributed by atoms with Crippen LogP contribution in [-0.4, -0.2) is 5.11 Å². The molecule has 2 rings (SSSR count). The van der Waals surface area contributed by atoms with Crippen LogP contribution in [0.5, 0.6) is 0 Å². The number of hydrogen-bond donors (Lipinski definition) is 1. The van der Waals surface area contributed by atoms with Gasteiger partial charge in [0.15, 0.2) is 0 Å². The largest absolute Gasteiger partial charge is 0.388 e. The van der Waals surface area contributed by atoms with Crippen molar-refractivity contribution in [1.82, 2.24) is 0 Å². The van der Waals surface area contributed by atoms with Gasteiger partial charge in [0.1, 0.15) is 5.82 Å². The molecule has 0 saturated carbocycles. The second-order valence-electron chi connectivity index (χ2n) is 4.02. The van der Waals surface area contributed by atoms with Crippen LogP contribution in [-0.2, 0) is 6.42 Å². The molecule has 0 aliphatic heterocycles. The summed E-state index contributed by atoms with van der Waals surface area (Å²) >= 11 is 9.16. The van der Waals surface area contributed by atoms with E-state index in [-0.39, 0.29) is 5.56 Å². The Bertz CT molecular complexity index is 559. The maximum absolute atomic E-state index is 13.6. The summed E-state index contributed by atoms with van der Waals surface area (Å²) < 4.78 is 14.5. The van der Waals surface area contributed by atoms with Crippen LogP contribution < -0.4 is 0 Å². The van der Waals surface area contributed by atoms with E-state index in [2.05, 4.69) is 15.9 Å². The highest BCUT2D eigenvalue weighted by Crippen LogP contribution is 2.25. The molecule has 0 radical (unpaired) electrons. The lowest BCUT2D eigenvalue weighted by atomic mass is 10.0. The fourth-order valence-corrected chi connectivity index (χ4v) is 2.39. The van der Waals surface area contributed by atoms with Gasteiger partial charge in [0.05, 0.1) is 6.10 Å². The van der Waals surface area contributed by atoms with Crippen molar-refractivity contribution in [3.63, 3.8) is 0 Å². The second kappa shape index (κ2) is 5.83. The normalized spacial score (nSPS) is 12.4. The number of benzene rings is 2. The van der Waals surface area contributed by atoms with Gasteiger partial charge in [-0.25, -0.2) is 4.39 Å². The van der Waals surface area contributed by atoms with Crippen LogP contribution >= 0.6 is 27.5 Å². The van der Waals surface area contributed by atoms with Crippen molar-refractivity contribution in [2.75, 3.05) is 0 Å². The van der Waals surface area contributed by atoms with Crippen molar-refractivity contribution < 1.29 is 9.50 Å². The van der Waals surface area contributed by atoms with E-state index in [0.717, 1.165) is 10.0 Å². The topological polar surface area (TPSA) is 20.2 Å². The average Bonchev–Trinajstić information content (AvgIpc) is 2.32. The molecule has 0 saturated heterocycles. The van der Waals surface area contributed by atoms with Crippen molar-refractivity contribution in [2.24, 2.45) is 0 Å². The maximum Gasteiger partial charge on any atom is 0.129 e. The Morgan fingerprint density at radius 1 is 1.22 bits per heavy atom. The highest BCUT2D eigenvalue weighted by Gasteiger charge is 2.14. The van der Waals surface area contributed by atoms with Crippen molar-refractivity contribution in [3.05, 3.63) is 68.9 Å². The van der Waals surface area contributed by atoms with Crippen molar-refractivity contribution in [3.8, 4) is 0 Å². The van der Waals surface area contributed by atoms with E-state index in [1.807, 2.05) is 24.3 Å². The van der Waals surface area contributed by atoms with Crippen molar-refractivity contribution in [2.45, 2.75) is 12.5 Å². The highest BCUT2D eigenvalue weighted by atomic mass is 79.9. The van der Waals surface area contributed by atoms with E-state index in [9.17, 15) is 9.50 Å². The lowest BCUT2D eigenvalue weighted by Crippen LogP contribution is -2.04. The molecule has 1 N–H and O–H groups in total. The van der Waals surface area contributed by atoms with Gasteiger partial charge in [0, 0.05) is 21.5 Å². The maximum atomic E-state index is 13.6. The molecule has 2 aromatic rings. The molecule has 0 amide bonds. The minimum absolute atomic E-state index is 0.225. The standard InChI is InChI=1S/C14H11BrClFO/c15-10-3-1-2-9(6-10)7-14(18)12-8-11(16)4-5-13(12)17/h1-6,8,14,18H,7H2. The zero-order valence-electron chi connectivity index (χ0n) is 9.41. The zero-order chi connectivity index (χ0) is 13.1. The van der Waals surface area contributed by atoms with E-state index in [0.29, 0.717) is 11.4 Å². The number of rotatable bonds is 3. The lowest BCUT2D eigenvalue weighted by Gasteiger charge is -2.12. The van der Waals surface area contributed by atoms with Gasteiger partial charge in [0.25, 0.3) is 0 Å². The molecule has 0 aliphatic carbocycles. The first-order valence-corrected chi connectivity index (χ1v) is 6.61. The van der Waals surface area contributed by atoms with Gasteiger partial charge in [-0.05, 0) is 35.9 Å². The third kappa shape index (κ3) is 3.31. The van der Waals surface area contributed by atoms with Gasteiger partial charge in [0.2, 0.25) is 0 Å². The fourth-order valence-electron chi connectivity index (χ4n) is 1.77. The first kappa shape index (κ1) is 13.5. The molecule has 1 unspecified atom stereocenters. The first-order valence-electron chi connectivity index (χ1n) is 5.44. The molecule has 0 heterocycles. The zero-order valence-corrected chi connectivity index (χ0v) is 11.7. The van der Waals surface area contributed by atoms with Crippen molar-refractivity contribution >= 4 is 27.5 Å². The highest BCUT2D eigenvalue weighted by molar-refractivity contribution is 9.10. The molecule has 2 aromatic carbocycles. The Hall–Kier alpha value is -0.900. The van der Waals surface area contributed by atoms with Crippen LogP contribution in [0.4, 0.5) is 4.39 Å². The van der Waals surface area contributed by atoms with Gasteiger partial charge in [-0.2, -0.15) is 0 Å². The predicted octanol–water partition coefficient (Wildman–Crippen LogP) is 4.52. The summed E-state index contributed by atoms with van der Waals surface area (Å²) in [5.41, 5.74) is 1.15. The lowest BCUT2D eigenvalue weighted by molar-refractivity contribution is 0.173. The molecule has 0 bridgehead atoms. The molecule has 0 spiro atoms. The van der Waals surface area contributed by atoms with E-state index >= 15 is 0 Å². The molecule has 0 aromatic heterocycles. The Morgan fingerprint density at radius 3 is 2.72 bits per heavy atom. The van der Waals surface area contributed by atoms with E-state index < -0.39 is 11.9 Å². The summed E-state index contributed by atoms with van der Waals surface area (Å²) in [6.07, 6.45) is -0.561. The Labute approximate surface area is 118 Å². The van der Waals surface area contributed by atoms with E-state index in [1.165, 1.54) is 18.2 Å². The molecule has 1 atom stereocenters. The van der Waals surface area contributed by atoms with Gasteiger partial charge >= 0.3 is 0 Å². The molecule has 0 fully saturated rings. The summed E-state index contributed by atoms with van der Waals surface area (Å²) in [5.74, 6) is -0.443. The fraction of sp³-hybridized carbons (Fsp3) is 0.143. The molecule has 4 heteroatoms. The minimum atomic E-state index is -0.905. The molecule has 18 heavy (non-hydrogen) atoms. The SMILES string of the molecule is OC(Cc1cccc(Br)c1)c1cc(Cl)ccc1F. The van der Waals surface area contributed by atoms with Gasteiger partial charge in [-0.1, -0.05) is 39.7 Å². The molecular formula is C14H11BrClFO. The Balaban J connectivity index is 2.21. The predicted molar refractivity (Wildman–Crippen MR) is 74.2 cm³/mol. The summed E-state index contributed by atoms with van der Waals surface area (Å²) in [7, 11) is 0. The third-order valence-corrected chi connectivity index (χ3v) is 3.36. The number of halogens is 3. The van der Waals surface area contributed by atoms with Crippen LogP contribution in [0.1, 0.15) is 17.2 Å². The third-order valence-electron chi connectivity index (χ3n) is 2.64. The number of aliphatic hydroxyl groups excluding tert-OH is 1. The second-order valence-corrected chi connectivity index (χ2v) is 5.37. The quantitative estimate of drug-likeness (QED) is 0.878. The van der Waals surface area contributed by atoms with E-state index in [1.54, 1.807) is 0 Å². The first-order chi connectivity index (χ1) is 8.56. The summed E-state index contributed by atoms with van der Waals surface area (Å²) in [5, 5.41) is 10.5. The molecule has 1 nitrogen and oxygen atoms in total. The number of hydrogen-bond acceptors (Lipinski definition) is 1. The van der Waals surface area contributed by atoms with Crippen LogP contribution in [0.25, 0.3) is 0 Å². The van der Waals surface area contributed by atoms with Crippen LogP contribution in [0.2, 0.25) is 5.02 Å². The van der Waals surface area contributed by atoms with Gasteiger partial charge < -0.3 is 5.11 Å². The minimum Gasteiger partial charge on any atom is -0.388 e. The Kier molecular flexibility index (Phi) is 4.38. The summed E-state index contributed by atoms with van der Waals surface area (Å²) in [6, 6.07) is 11.7. The average molecular weight is 330 g/mol. The van der Waals surface area contributed by atoms with Gasteiger partial charge in [-0.15, -0.1) is 0 Å². The number of aliphatic hydroxyl groups is 1. The Morgan fingerprint density at radius 2 is 2.00 bits per heavy atom. The summed E-state index contributed by atoms with van der Waals surface area (Å²) in [6.45, 7) is 0. The van der Waals surface area contributed by atoms with Crippen LogP contribution in [0.3, 0.4) is 0 Å². The smallest absolute Gasteiger partial charge is 0.129 e. The van der Waals surface area contributed by atoms with Gasteiger partial charge in [-0.3, -0.25) is 0 Å². The molecule has 94 valence electrons. The van der Waals surface area contributed by atoms with Crippen molar-refractivity contribution in [1.29, 1.82) is 0 Å². The van der Waals surface area contributed by atoms with E-state index in [4.69, 9.17) is 11.6 Å². The van der Waals surface area contributed by atoms with Crippen LogP contribution in [0.15, 0.2) is 46.9 Å². The summed E-state index contributed by atoms with van der Waals surface area (Å²) in [4.78, 5) is 0. The molecule has 0 aliphatic rings.